The average molecular weight is 582 g/mol. The smallest absolute Gasteiger partial charge is 0.338 e. The monoisotopic (exact) mass is 581 g/mol. The molecule has 9 nitrogen and oxygen atoms in total. The third kappa shape index (κ3) is 5.55. The lowest BCUT2D eigenvalue weighted by Crippen LogP contribution is -2.40. The molecule has 0 unspecified atom stereocenters. The highest BCUT2D eigenvalue weighted by Crippen LogP contribution is 2.38. The van der Waals surface area contributed by atoms with Crippen molar-refractivity contribution in [3.63, 3.8) is 0 Å². The van der Waals surface area contributed by atoms with Crippen molar-refractivity contribution in [2.45, 2.75) is 13.0 Å². The first-order chi connectivity index (χ1) is 20.5. The zero-order chi connectivity index (χ0) is 29.6. The number of esters is 1. The van der Waals surface area contributed by atoms with Gasteiger partial charge < -0.3 is 18.9 Å². The highest BCUT2D eigenvalue weighted by Gasteiger charge is 2.35. The van der Waals surface area contributed by atoms with Crippen molar-refractivity contribution in [1.82, 2.24) is 4.57 Å². The van der Waals surface area contributed by atoms with Crippen molar-refractivity contribution in [2.75, 3.05) is 27.4 Å². The molecule has 0 amide bonds. The number of aromatic nitrogens is 1. The van der Waals surface area contributed by atoms with Crippen LogP contribution < -0.4 is 29.1 Å². The molecule has 0 saturated carbocycles. The second kappa shape index (κ2) is 12.6. The van der Waals surface area contributed by atoms with E-state index in [2.05, 4.69) is 0 Å². The lowest BCUT2D eigenvalue weighted by Gasteiger charge is -2.26. The minimum absolute atomic E-state index is 0.0549. The standard InChI is InChI=1S/C32H27N3O6S/c1-4-40-31(37)27-28(21-8-6-5-7-9-21)34-32-35(29(27)22-12-15-24(38-2)25(19-22)39-3)30(36)26(42-32)18-20-10-13-23(14-11-20)41-17-16-33/h5-15,18-19,29H,4,17H2,1-3H3/b26-18-/t29-/m1/s1. The van der Waals surface area contributed by atoms with Crippen LogP contribution in [0.5, 0.6) is 17.2 Å². The van der Waals surface area contributed by atoms with Gasteiger partial charge in [0.2, 0.25) is 0 Å². The van der Waals surface area contributed by atoms with Crippen LogP contribution in [0, 0.1) is 11.3 Å². The number of fused-ring (bicyclic) bond motifs is 1. The van der Waals surface area contributed by atoms with Gasteiger partial charge in [0.15, 0.2) is 22.9 Å². The lowest BCUT2D eigenvalue weighted by molar-refractivity contribution is -0.138. The van der Waals surface area contributed by atoms with Crippen LogP contribution in [0.4, 0.5) is 0 Å². The molecule has 1 aliphatic rings. The van der Waals surface area contributed by atoms with Gasteiger partial charge in [0.05, 0.1) is 42.7 Å². The van der Waals surface area contributed by atoms with Gasteiger partial charge in [-0.1, -0.05) is 59.9 Å². The Hall–Kier alpha value is -5.14. The molecule has 1 aromatic heterocycles. The minimum Gasteiger partial charge on any atom is -0.493 e. The summed E-state index contributed by atoms with van der Waals surface area (Å²) in [5, 5.41) is 8.75. The van der Waals surface area contributed by atoms with Gasteiger partial charge in [0.25, 0.3) is 5.56 Å². The number of nitriles is 1. The summed E-state index contributed by atoms with van der Waals surface area (Å²) in [6.45, 7) is 1.83. The van der Waals surface area contributed by atoms with E-state index in [1.807, 2.05) is 36.4 Å². The predicted molar refractivity (Wildman–Crippen MR) is 158 cm³/mol. The SMILES string of the molecule is CCOC(=O)C1=C(c2ccccc2)N=c2s/c(=C\c3ccc(OCC#N)cc3)c(=O)n2[C@@H]1c1ccc(OC)c(OC)c1. The summed E-state index contributed by atoms with van der Waals surface area (Å²) in [6, 6.07) is 22.8. The van der Waals surface area contributed by atoms with Crippen LogP contribution in [0.3, 0.4) is 0 Å². The van der Waals surface area contributed by atoms with Gasteiger partial charge in [-0.2, -0.15) is 5.26 Å². The average Bonchev–Trinajstić information content (AvgIpc) is 3.34. The van der Waals surface area contributed by atoms with Crippen molar-refractivity contribution in [3.05, 3.63) is 115 Å². The maximum Gasteiger partial charge on any atom is 0.338 e. The number of ether oxygens (including phenoxy) is 4. The van der Waals surface area contributed by atoms with Crippen molar-refractivity contribution < 1.29 is 23.7 Å². The van der Waals surface area contributed by atoms with E-state index in [4.69, 9.17) is 29.2 Å². The molecule has 3 aromatic carbocycles. The van der Waals surface area contributed by atoms with E-state index in [9.17, 15) is 9.59 Å². The number of thiazole rings is 1. The molecule has 4 aromatic rings. The molecule has 0 fully saturated rings. The van der Waals surface area contributed by atoms with E-state index in [-0.39, 0.29) is 24.3 Å². The highest BCUT2D eigenvalue weighted by atomic mass is 32.1. The van der Waals surface area contributed by atoms with Crippen molar-refractivity contribution in [1.29, 1.82) is 5.26 Å². The summed E-state index contributed by atoms with van der Waals surface area (Å²) in [5.41, 5.74) is 2.48. The number of hydrogen-bond donors (Lipinski definition) is 0. The Morgan fingerprint density at radius 1 is 1.05 bits per heavy atom. The van der Waals surface area contributed by atoms with Crippen LogP contribution in [-0.4, -0.2) is 38.0 Å². The second-order valence-corrected chi connectivity index (χ2v) is 10.1. The molecule has 42 heavy (non-hydrogen) atoms. The maximum absolute atomic E-state index is 14.0. The molecule has 1 aliphatic heterocycles. The van der Waals surface area contributed by atoms with Gasteiger partial charge in [-0.15, -0.1) is 0 Å². The number of rotatable bonds is 9. The quantitative estimate of drug-likeness (QED) is 0.276. The van der Waals surface area contributed by atoms with Crippen LogP contribution in [0.2, 0.25) is 0 Å². The number of carbonyl (C=O) groups excluding carboxylic acids is 1. The van der Waals surface area contributed by atoms with Gasteiger partial charge in [-0.3, -0.25) is 9.36 Å². The Labute approximate surface area is 245 Å². The summed E-state index contributed by atoms with van der Waals surface area (Å²) in [6.07, 6.45) is 1.76. The molecule has 5 rings (SSSR count). The lowest BCUT2D eigenvalue weighted by atomic mass is 9.93. The predicted octanol–water partition coefficient (Wildman–Crippen LogP) is 3.86. The zero-order valence-electron chi connectivity index (χ0n) is 23.2. The maximum atomic E-state index is 14.0. The summed E-state index contributed by atoms with van der Waals surface area (Å²) in [4.78, 5) is 33.0. The van der Waals surface area contributed by atoms with Crippen LogP contribution in [0.25, 0.3) is 11.8 Å². The number of benzene rings is 3. The first-order valence-corrected chi connectivity index (χ1v) is 13.9. The first-order valence-electron chi connectivity index (χ1n) is 13.1. The Morgan fingerprint density at radius 2 is 1.79 bits per heavy atom. The van der Waals surface area contributed by atoms with Gasteiger partial charge in [-0.25, -0.2) is 9.79 Å². The van der Waals surface area contributed by atoms with Crippen LogP contribution in [0.15, 0.2) is 88.2 Å². The Balaban J connectivity index is 1.76. The molecule has 10 heteroatoms. The zero-order valence-corrected chi connectivity index (χ0v) is 24.0. The number of methoxy groups -OCH3 is 2. The van der Waals surface area contributed by atoms with Gasteiger partial charge in [-0.05, 0) is 48.4 Å². The first kappa shape index (κ1) is 28.4. The fourth-order valence-electron chi connectivity index (χ4n) is 4.71. The van der Waals surface area contributed by atoms with E-state index >= 15 is 0 Å². The van der Waals surface area contributed by atoms with Crippen LogP contribution in [0.1, 0.15) is 29.7 Å². The van der Waals surface area contributed by atoms with Crippen LogP contribution in [-0.2, 0) is 9.53 Å². The Morgan fingerprint density at radius 3 is 2.45 bits per heavy atom. The molecule has 2 heterocycles. The minimum atomic E-state index is -0.848. The molecular formula is C32H27N3O6S. The van der Waals surface area contributed by atoms with Crippen molar-refractivity contribution in [2.24, 2.45) is 4.99 Å². The molecule has 0 N–H and O–H groups in total. The van der Waals surface area contributed by atoms with E-state index in [1.165, 1.54) is 23.0 Å². The van der Waals surface area contributed by atoms with E-state index < -0.39 is 12.0 Å². The Bertz CT molecular complexity index is 1870. The molecule has 0 bridgehead atoms. The highest BCUT2D eigenvalue weighted by molar-refractivity contribution is 7.07. The molecule has 1 atom stereocenters. The third-order valence-electron chi connectivity index (χ3n) is 6.58. The second-order valence-electron chi connectivity index (χ2n) is 9.06. The third-order valence-corrected chi connectivity index (χ3v) is 7.56. The normalized spacial score (nSPS) is 14.4. The number of carbonyl (C=O) groups is 1. The fraction of sp³-hybridized carbons (Fsp3) is 0.188. The van der Waals surface area contributed by atoms with Gasteiger partial charge in [0.1, 0.15) is 11.8 Å². The Kier molecular flexibility index (Phi) is 8.50. The van der Waals surface area contributed by atoms with E-state index in [0.717, 1.165) is 11.1 Å². The molecule has 0 aliphatic carbocycles. The van der Waals surface area contributed by atoms with Crippen LogP contribution >= 0.6 is 11.3 Å². The van der Waals surface area contributed by atoms with Crippen molar-refractivity contribution in [3.8, 4) is 23.3 Å². The van der Waals surface area contributed by atoms with E-state index in [1.54, 1.807) is 62.6 Å². The topological polar surface area (TPSA) is 112 Å². The molecular weight excluding hydrogens is 554 g/mol. The van der Waals surface area contributed by atoms with Crippen molar-refractivity contribution >= 4 is 29.1 Å². The van der Waals surface area contributed by atoms with E-state index in [0.29, 0.717) is 37.8 Å². The molecule has 212 valence electrons. The number of hydrogen-bond acceptors (Lipinski definition) is 9. The molecule has 0 spiro atoms. The van der Waals surface area contributed by atoms with Gasteiger partial charge in [0, 0.05) is 5.56 Å². The van der Waals surface area contributed by atoms with Gasteiger partial charge >= 0.3 is 5.97 Å². The summed E-state index contributed by atoms with van der Waals surface area (Å²) in [7, 11) is 3.07. The summed E-state index contributed by atoms with van der Waals surface area (Å²) >= 11 is 1.23. The molecule has 0 radical (unpaired) electrons. The fourth-order valence-corrected chi connectivity index (χ4v) is 5.71. The number of nitrogens with zero attached hydrogens (tertiary/aromatic N) is 3. The summed E-state index contributed by atoms with van der Waals surface area (Å²) in [5.74, 6) is 0.954. The summed E-state index contributed by atoms with van der Waals surface area (Å²) < 4.78 is 23.8. The largest absolute Gasteiger partial charge is 0.493 e. The molecule has 0 saturated heterocycles.